The van der Waals surface area contributed by atoms with Crippen LogP contribution in [0.3, 0.4) is 0 Å². The largest absolute Gasteiger partial charge is 0.416 e. The first kappa shape index (κ1) is 19.2. The number of benzene rings is 1. The molecule has 0 N–H and O–H groups in total. The second-order valence-corrected chi connectivity index (χ2v) is 8.01. The minimum atomic E-state index is -4.73. The molecule has 0 saturated carbocycles. The number of alkyl halides is 3. The maximum absolute atomic E-state index is 13.7. The Bertz CT molecular complexity index is 814. The summed E-state index contributed by atoms with van der Waals surface area (Å²) in [5, 5.41) is 0. The Morgan fingerprint density at radius 3 is 2.20 bits per heavy atom. The molecule has 0 aliphatic carbocycles. The van der Waals surface area contributed by atoms with Crippen molar-refractivity contribution in [1.82, 2.24) is 9.97 Å². The first-order valence-electron chi connectivity index (χ1n) is 7.15. The molecule has 1 atom stereocenters. The zero-order valence-corrected chi connectivity index (χ0v) is 14.5. The van der Waals surface area contributed by atoms with Gasteiger partial charge in [0.15, 0.2) is 5.82 Å². The van der Waals surface area contributed by atoms with E-state index in [0.29, 0.717) is 6.07 Å². The van der Waals surface area contributed by atoms with Crippen LogP contribution in [0.4, 0.5) is 17.6 Å². The third-order valence-corrected chi connectivity index (χ3v) is 4.37. The van der Waals surface area contributed by atoms with Crippen LogP contribution in [0.5, 0.6) is 0 Å². The lowest BCUT2D eigenvalue weighted by atomic mass is 10.1. The van der Waals surface area contributed by atoms with Gasteiger partial charge in [-0.25, -0.2) is 18.6 Å². The van der Waals surface area contributed by atoms with Crippen molar-refractivity contribution in [3.63, 3.8) is 0 Å². The van der Waals surface area contributed by atoms with Crippen LogP contribution >= 0.6 is 0 Å². The number of rotatable bonds is 3. The molecule has 0 amide bonds. The van der Waals surface area contributed by atoms with Gasteiger partial charge in [-0.3, -0.25) is 0 Å². The summed E-state index contributed by atoms with van der Waals surface area (Å²) < 4.78 is 68.2. The summed E-state index contributed by atoms with van der Waals surface area (Å²) in [4.78, 5) is 7.86. The normalized spacial score (nSPS) is 14.4. The Labute approximate surface area is 144 Å². The smallest absolute Gasteiger partial charge is 0.235 e. The van der Waals surface area contributed by atoms with E-state index in [1.54, 1.807) is 20.8 Å². The SMILES string of the molecule is CC(C)(C)[S@@](=O)/N=C(\c1cc(F)cc(C(F)(F)F)c1)c1ncccn1. The molecule has 0 bridgehead atoms. The predicted octanol–water partition coefficient (Wildman–Crippen LogP) is 3.93. The fourth-order valence-corrected chi connectivity index (χ4v) is 2.38. The number of hydrogen-bond donors (Lipinski definition) is 0. The Morgan fingerprint density at radius 2 is 1.68 bits per heavy atom. The second kappa shape index (κ2) is 6.99. The Hall–Kier alpha value is -2.16. The summed E-state index contributed by atoms with van der Waals surface area (Å²) in [5.41, 5.74) is -1.54. The van der Waals surface area contributed by atoms with Crippen molar-refractivity contribution in [2.24, 2.45) is 4.40 Å². The standard InChI is InChI=1S/C16H15F4N3OS/c1-15(2,3)25(24)23-13(14-21-5-4-6-22-14)10-7-11(16(18,19)20)9-12(17)8-10/h4-9H,1-3H3/b23-13+/t25-/m1/s1. The summed E-state index contributed by atoms with van der Waals surface area (Å²) in [6.45, 7) is 4.97. The lowest BCUT2D eigenvalue weighted by Crippen LogP contribution is -2.22. The first-order chi connectivity index (χ1) is 11.5. The zero-order valence-electron chi connectivity index (χ0n) is 13.6. The van der Waals surface area contributed by atoms with Gasteiger partial charge in [-0.05, 0) is 45.0 Å². The van der Waals surface area contributed by atoms with E-state index in [0.717, 1.165) is 12.1 Å². The van der Waals surface area contributed by atoms with Crippen molar-refractivity contribution < 1.29 is 21.8 Å². The van der Waals surface area contributed by atoms with Gasteiger partial charge in [0.2, 0.25) is 0 Å². The molecule has 0 radical (unpaired) electrons. The van der Waals surface area contributed by atoms with E-state index in [9.17, 15) is 21.8 Å². The molecular weight excluding hydrogens is 358 g/mol. The summed E-state index contributed by atoms with van der Waals surface area (Å²) in [5.74, 6) is -1.13. The summed E-state index contributed by atoms with van der Waals surface area (Å²) >= 11 is 0. The Kier molecular flexibility index (Phi) is 5.36. The highest BCUT2D eigenvalue weighted by Gasteiger charge is 2.32. The molecule has 134 valence electrons. The third-order valence-electron chi connectivity index (χ3n) is 2.97. The molecule has 1 aromatic heterocycles. The lowest BCUT2D eigenvalue weighted by Gasteiger charge is -2.15. The van der Waals surface area contributed by atoms with Crippen LogP contribution in [0.2, 0.25) is 0 Å². The van der Waals surface area contributed by atoms with Crippen molar-refractivity contribution in [3.8, 4) is 0 Å². The fraction of sp³-hybridized carbons (Fsp3) is 0.312. The molecule has 0 aliphatic rings. The van der Waals surface area contributed by atoms with Crippen molar-refractivity contribution in [2.45, 2.75) is 31.7 Å². The molecule has 2 aromatic rings. The topological polar surface area (TPSA) is 55.2 Å². The summed E-state index contributed by atoms with van der Waals surface area (Å²) in [6, 6.07) is 3.50. The fourth-order valence-electron chi connectivity index (χ4n) is 1.75. The van der Waals surface area contributed by atoms with E-state index < -0.39 is 33.3 Å². The van der Waals surface area contributed by atoms with Gasteiger partial charge >= 0.3 is 6.18 Å². The molecule has 0 aliphatic heterocycles. The van der Waals surface area contributed by atoms with Crippen molar-refractivity contribution in [2.75, 3.05) is 0 Å². The molecule has 2 rings (SSSR count). The van der Waals surface area contributed by atoms with Crippen LogP contribution in [0.1, 0.15) is 37.7 Å². The average molecular weight is 373 g/mol. The molecule has 25 heavy (non-hydrogen) atoms. The van der Waals surface area contributed by atoms with E-state index in [2.05, 4.69) is 14.4 Å². The molecule has 9 heteroatoms. The minimum absolute atomic E-state index is 0.0428. The van der Waals surface area contributed by atoms with Gasteiger partial charge < -0.3 is 0 Å². The van der Waals surface area contributed by atoms with Crippen LogP contribution in [0.25, 0.3) is 0 Å². The molecule has 1 aromatic carbocycles. The highest BCUT2D eigenvalue weighted by molar-refractivity contribution is 7.85. The first-order valence-corrected chi connectivity index (χ1v) is 8.25. The van der Waals surface area contributed by atoms with E-state index in [4.69, 9.17) is 0 Å². The third kappa shape index (κ3) is 4.91. The highest BCUT2D eigenvalue weighted by atomic mass is 32.2. The van der Waals surface area contributed by atoms with Gasteiger partial charge in [0.1, 0.15) is 22.5 Å². The van der Waals surface area contributed by atoms with Crippen LogP contribution < -0.4 is 0 Å². The molecule has 0 unspecified atom stereocenters. The second-order valence-electron chi connectivity index (χ2n) is 6.10. The van der Waals surface area contributed by atoms with Crippen LogP contribution in [-0.4, -0.2) is 24.6 Å². The Balaban J connectivity index is 2.67. The van der Waals surface area contributed by atoms with Gasteiger partial charge in [0.05, 0.1) is 10.3 Å². The van der Waals surface area contributed by atoms with Crippen LogP contribution in [0, 0.1) is 5.82 Å². The molecular formula is C16H15F4N3OS. The lowest BCUT2D eigenvalue weighted by molar-refractivity contribution is -0.137. The van der Waals surface area contributed by atoms with Crippen LogP contribution in [-0.2, 0) is 17.2 Å². The molecule has 0 spiro atoms. The number of aromatic nitrogens is 2. The maximum Gasteiger partial charge on any atom is 0.416 e. The molecule has 1 heterocycles. The van der Waals surface area contributed by atoms with Gasteiger partial charge in [-0.15, -0.1) is 0 Å². The maximum atomic E-state index is 13.7. The highest BCUT2D eigenvalue weighted by Crippen LogP contribution is 2.31. The minimum Gasteiger partial charge on any atom is -0.235 e. The van der Waals surface area contributed by atoms with E-state index in [1.807, 2.05) is 0 Å². The zero-order chi connectivity index (χ0) is 18.8. The quantitative estimate of drug-likeness (QED) is 0.605. The summed E-state index contributed by atoms with van der Waals surface area (Å²) in [6.07, 6.45) is -2.01. The van der Waals surface area contributed by atoms with Crippen molar-refractivity contribution in [1.29, 1.82) is 0 Å². The van der Waals surface area contributed by atoms with E-state index in [-0.39, 0.29) is 17.1 Å². The summed E-state index contributed by atoms with van der Waals surface area (Å²) in [7, 11) is -1.80. The van der Waals surface area contributed by atoms with Gasteiger partial charge in [0, 0.05) is 18.0 Å². The molecule has 4 nitrogen and oxygen atoms in total. The number of hydrogen-bond acceptors (Lipinski definition) is 3. The number of nitrogens with zero attached hydrogens (tertiary/aromatic N) is 3. The molecule has 0 fully saturated rings. The van der Waals surface area contributed by atoms with Crippen molar-refractivity contribution in [3.05, 3.63) is 59.4 Å². The van der Waals surface area contributed by atoms with Crippen LogP contribution in [0.15, 0.2) is 41.1 Å². The molecule has 0 saturated heterocycles. The predicted molar refractivity (Wildman–Crippen MR) is 87.0 cm³/mol. The monoisotopic (exact) mass is 373 g/mol. The van der Waals surface area contributed by atoms with E-state index in [1.165, 1.54) is 18.5 Å². The van der Waals surface area contributed by atoms with Crippen molar-refractivity contribution >= 4 is 16.7 Å². The van der Waals surface area contributed by atoms with Gasteiger partial charge in [-0.1, -0.05) is 0 Å². The van der Waals surface area contributed by atoms with E-state index >= 15 is 0 Å². The van der Waals surface area contributed by atoms with Gasteiger partial charge in [-0.2, -0.15) is 17.6 Å². The Morgan fingerprint density at radius 1 is 1.08 bits per heavy atom. The average Bonchev–Trinajstić information content (AvgIpc) is 2.50. The van der Waals surface area contributed by atoms with Gasteiger partial charge in [0.25, 0.3) is 0 Å². The number of halogens is 4.